The first-order valence-electron chi connectivity index (χ1n) is 4.02. The largest absolute Gasteiger partial charge is 0.324 e. The smallest absolute Gasteiger partial charge is 0.241 e. The lowest BCUT2D eigenvalue weighted by atomic mass is 10.3. The molecule has 0 unspecified atom stereocenters. The van der Waals surface area contributed by atoms with Crippen LogP contribution >= 0.6 is 38.5 Å². The van der Waals surface area contributed by atoms with Crippen LogP contribution in [0.2, 0.25) is 0 Å². The van der Waals surface area contributed by atoms with Gasteiger partial charge in [0, 0.05) is 8.04 Å². The monoisotopic (exact) mass is 368 g/mol. The maximum Gasteiger partial charge on any atom is 0.241 e. The van der Waals surface area contributed by atoms with E-state index in [0.29, 0.717) is 0 Å². The van der Waals surface area contributed by atoms with Gasteiger partial charge in [-0.2, -0.15) is 0 Å². The maximum atomic E-state index is 11.3. The SMILES string of the molecule is C[C@@H](N)C(=O)Nc1cc(Br)ccc1I. The van der Waals surface area contributed by atoms with Crippen LogP contribution < -0.4 is 11.1 Å². The number of hydrogen-bond donors (Lipinski definition) is 2. The van der Waals surface area contributed by atoms with E-state index < -0.39 is 6.04 Å². The summed E-state index contributed by atoms with van der Waals surface area (Å²) in [6.45, 7) is 1.65. The number of hydrogen-bond acceptors (Lipinski definition) is 2. The second-order valence-electron chi connectivity index (χ2n) is 2.90. The third-order valence-corrected chi connectivity index (χ3v) is 3.03. The molecule has 0 radical (unpaired) electrons. The zero-order valence-electron chi connectivity index (χ0n) is 7.55. The Kier molecular flexibility index (Phi) is 4.33. The number of carbonyl (C=O) groups is 1. The normalized spacial score (nSPS) is 12.3. The van der Waals surface area contributed by atoms with Crippen LogP contribution in [0.15, 0.2) is 22.7 Å². The lowest BCUT2D eigenvalue weighted by molar-refractivity contribution is -0.117. The Morgan fingerprint density at radius 1 is 1.64 bits per heavy atom. The first-order valence-corrected chi connectivity index (χ1v) is 5.89. The van der Waals surface area contributed by atoms with Crippen molar-refractivity contribution in [1.82, 2.24) is 0 Å². The molecule has 1 aromatic rings. The molecule has 1 amide bonds. The van der Waals surface area contributed by atoms with Crippen molar-refractivity contribution in [2.45, 2.75) is 13.0 Å². The quantitative estimate of drug-likeness (QED) is 0.787. The summed E-state index contributed by atoms with van der Waals surface area (Å²) in [5.41, 5.74) is 6.23. The molecular weight excluding hydrogens is 359 g/mol. The number of amides is 1. The molecule has 0 aliphatic rings. The van der Waals surface area contributed by atoms with Crippen LogP contribution in [0.25, 0.3) is 0 Å². The number of nitrogens with two attached hydrogens (primary N) is 1. The molecule has 0 aliphatic carbocycles. The Morgan fingerprint density at radius 2 is 2.29 bits per heavy atom. The van der Waals surface area contributed by atoms with Gasteiger partial charge in [0.1, 0.15) is 0 Å². The zero-order chi connectivity index (χ0) is 10.7. The predicted octanol–water partition coefficient (Wildman–Crippen LogP) is 2.34. The Labute approximate surface area is 105 Å². The summed E-state index contributed by atoms with van der Waals surface area (Å²) >= 11 is 5.49. The molecule has 5 heteroatoms. The van der Waals surface area contributed by atoms with Crippen molar-refractivity contribution in [3.05, 3.63) is 26.2 Å². The summed E-state index contributed by atoms with van der Waals surface area (Å²) in [5.74, 6) is -0.180. The minimum absolute atomic E-state index is 0.180. The lowest BCUT2D eigenvalue weighted by Crippen LogP contribution is -2.32. The zero-order valence-corrected chi connectivity index (χ0v) is 11.3. The summed E-state index contributed by atoms with van der Waals surface area (Å²) in [6, 6.07) is 5.19. The van der Waals surface area contributed by atoms with Gasteiger partial charge in [-0.15, -0.1) is 0 Å². The van der Waals surface area contributed by atoms with E-state index in [-0.39, 0.29) is 5.91 Å². The number of nitrogens with one attached hydrogen (secondary N) is 1. The molecule has 0 heterocycles. The van der Waals surface area contributed by atoms with Crippen LogP contribution in [0, 0.1) is 3.57 Å². The van der Waals surface area contributed by atoms with Gasteiger partial charge in [0.25, 0.3) is 0 Å². The summed E-state index contributed by atoms with van der Waals surface area (Å²) in [5, 5.41) is 2.75. The van der Waals surface area contributed by atoms with E-state index in [4.69, 9.17) is 5.73 Å². The van der Waals surface area contributed by atoms with Crippen LogP contribution in [0.1, 0.15) is 6.92 Å². The third-order valence-electron chi connectivity index (χ3n) is 1.60. The maximum absolute atomic E-state index is 11.3. The van der Waals surface area contributed by atoms with E-state index in [1.807, 2.05) is 18.2 Å². The van der Waals surface area contributed by atoms with Crippen molar-refractivity contribution in [2.75, 3.05) is 5.32 Å². The van der Waals surface area contributed by atoms with Crippen molar-refractivity contribution >= 4 is 50.1 Å². The fourth-order valence-electron chi connectivity index (χ4n) is 0.840. The minimum atomic E-state index is -0.496. The van der Waals surface area contributed by atoms with Crippen LogP contribution in [-0.4, -0.2) is 11.9 Å². The molecule has 0 fully saturated rings. The molecular formula is C9H10BrIN2O. The molecule has 0 bridgehead atoms. The molecule has 3 N–H and O–H groups in total. The molecule has 76 valence electrons. The Hall–Kier alpha value is -0.140. The summed E-state index contributed by atoms with van der Waals surface area (Å²) in [4.78, 5) is 11.3. The van der Waals surface area contributed by atoms with Gasteiger partial charge in [-0.1, -0.05) is 15.9 Å². The summed E-state index contributed by atoms with van der Waals surface area (Å²) in [7, 11) is 0. The van der Waals surface area contributed by atoms with Crippen LogP contribution in [0.3, 0.4) is 0 Å². The Balaban J connectivity index is 2.86. The van der Waals surface area contributed by atoms with E-state index in [9.17, 15) is 4.79 Å². The number of anilines is 1. The fourth-order valence-corrected chi connectivity index (χ4v) is 1.67. The second kappa shape index (κ2) is 5.09. The van der Waals surface area contributed by atoms with E-state index in [2.05, 4.69) is 43.8 Å². The fraction of sp³-hybridized carbons (Fsp3) is 0.222. The Bertz CT molecular complexity index is 355. The average Bonchev–Trinajstić information content (AvgIpc) is 2.11. The van der Waals surface area contributed by atoms with E-state index in [0.717, 1.165) is 13.7 Å². The first kappa shape index (κ1) is 11.9. The van der Waals surface area contributed by atoms with Crippen LogP contribution in [-0.2, 0) is 4.79 Å². The van der Waals surface area contributed by atoms with Crippen molar-refractivity contribution < 1.29 is 4.79 Å². The topological polar surface area (TPSA) is 55.1 Å². The minimum Gasteiger partial charge on any atom is -0.324 e. The summed E-state index contributed by atoms with van der Waals surface area (Å²) < 4.78 is 1.91. The molecule has 3 nitrogen and oxygen atoms in total. The predicted molar refractivity (Wildman–Crippen MR) is 69.1 cm³/mol. The average molecular weight is 369 g/mol. The molecule has 1 aromatic carbocycles. The van der Waals surface area contributed by atoms with Crippen molar-refractivity contribution in [1.29, 1.82) is 0 Å². The highest BCUT2D eigenvalue weighted by Crippen LogP contribution is 2.22. The second-order valence-corrected chi connectivity index (χ2v) is 4.98. The molecule has 0 spiro atoms. The first-order chi connectivity index (χ1) is 6.50. The molecule has 1 atom stereocenters. The van der Waals surface area contributed by atoms with Gasteiger partial charge in [0.05, 0.1) is 11.7 Å². The standard InChI is InChI=1S/C9H10BrIN2O/c1-5(12)9(14)13-8-4-6(10)2-3-7(8)11/h2-5H,12H2,1H3,(H,13,14)/t5-/m1/s1. The van der Waals surface area contributed by atoms with Gasteiger partial charge < -0.3 is 11.1 Å². The van der Waals surface area contributed by atoms with Crippen LogP contribution in [0.4, 0.5) is 5.69 Å². The van der Waals surface area contributed by atoms with Gasteiger partial charge in [0.2, 0.25) is 5.91 Å². The number of carbonyl (C=O) groups excluding carboxylic acids is 1. The highest BCUT2D eigenvalue weighted by atomic mass is 127. The lowest BCUT2D eigenvalue weighted by Gasteiger charge is -2.09. The molecule has 0 aromatic heterocycles. The highest BCUT2D eigenvalue weighted by Gasteiger charge is 2.09. The van der Waals surface area contributed by atoms with E-state index in [1.54, 1.807) is 6.92 Å². The van der Waals surface area contributed by atoms with Crippen LogP contribution in [0.5, 0.6) is 0 Å². The van der Waals surface area contributed by atoms with Gasteiger partial charge in [-0.3, -0.25) is 4.79 Å². The number of benzene rings is 1. The van der Waals surface area contributed by atoms with Gasteiger partial charge in [0.15, 0.2) is 0 Å². The van der Waals surface area contributed by atoms with Crippen molar-refractivity contribution in [3.8, 4) is 0 Å². The molecule has 1 rings (SSSR count). The third kappa shape index (κ3) is 3.21. The van der Waals surface area contributed by atoms with Crippen molar-refractivity contribution in [2.24, 2.45) is 5.73 Å². The van der Waals surface area contributed by atoms with E-state index >= 15 is 0 Å². The van der Waals surface area contributed by atoms with Gasteiger partial charge >= 0.3 is 0 Å². The summed E-state index contributed by atoms with van der Waals surface area (Å²) in [6.07, 6.45) is 0. The Morgan fingerprint density at radius 3 is 2.86 bits per heavy atom. The molecule has 0 saturated carbocycles. The van der Waals surface area contributed by atoms with Crippen molar-refractivity contribution in [3.63, 3.8) is 0 Å². The molecule has 0 aliphatic heterocycles. The highest BCUT2D eigenvalue weighted by molar-refractivity contribution is 14.1. The van der Waals surface area contributed by atoms with E-state index in [1.165, 1.54) is 0 Å². The number of halogens is 2. The van der Waals surface area contributed by atoms with Gasteiger partial charge in [-0.05, 0) is 47.7 Å². The molecule has 0 saturated heterocycles. The van der Waals surface area contributed by atoms with Gasteiger partial charge in [-0.25, -0.2) is 0 Å². The molecule has 14 heavy (non-hydrogen) atoms. The number of rotatable bonds is 2.